The molecule has 1 atom stereocenters. The molecule has 2 nitrogen and oxygen atoms in total. The van der Waals surface area contributed by atoms with E-state index in [1.165, 1.54) is 36.8 Å². The highest BCUT2D eigenvalue weighted by Gasteiger charge is 2.27. The van der Waals surface area contributed by atoms with Crippen LogP contribution in [0.15, 0.2) is 24.3 Å². The molecule has 1 aromatic carbocycles. The van der Waals surface area contributed by atoms with Gasteiger partial charge in [0.05, 0.1) is 0 Å². The first-order valence-corrected chi connectivity index (χ1v) is 7.46. The third-order valence-corrected chi connectivity index (χ3v) is 4.42. The summed E-state index contributed by atoms with van der Waals surface area (Å²) in [5, 5.41) is 0. The summed E-state index contributed by atoms with van der Waals surface area (Å²) in [4.78, 5) is 11.3. The first-order valence-electron chi connectivity index (χ1n) is 7.46. The Bertz CT molecular complexity index is 415. The van der Waals surface area contributed by atoms with Gasteiger partial charge in [0.1, 0.15) is 0 Å². The van der Waals surface area contributed by atoms with E-state index in [1.807, 2.05) is 0 Å². The van der Waals surface area contributed by atoms with Gasteiger partial charge in [-0.1, -0.05) is 51.0 Å². The lowest BCUT2D eigenvalue weighted by Crippen LogP contribution is -2.20. The van der Waals surface area contributed by atoms with Gasteiger partial charge in [-0.25, -0.2) is 0 Å². The highest BCUT2D eigenvalue weighted by atomic mass is 16.1. The fourth-order valence-corrected chi connectivity index (χ4v) is 3.26. The predicted octanol–water partition coefficient (Wildman–Crippen LogP) is 3.96. The van der Waals surface area contributed by atoms with Crippen molar-refractivity contribution < 1.29 is 4.79 Å². The maximum atomic E-state index is 11.3. The largest absolute Gasteiger partial charge is 0.370 e. The summed E-state index contributed by atoms with van der Waals surface area (Å²) >= 11 is 0. The SMILES string of the molecule is CC(C)c1ccc(C(CC(N)=O)C2CCCC2)cc1. The summed E-state index contributed by atoms with van der Waals surface area (Å²) < 4.78 is 0. The van der Waals surface area contributed by atoms with Crippen LogP contribution in [-0.4, -0.2) is 5.91 Å². The Hall–Kier alpha value is -1.31. The molecule has 19 heavy (non-hydrogen) atoms. The lowest BCUT2D eigenvalue weighted by atomic mass is 9.82. The molecule has 0 heterocycles. The van der Waals surface area contributed by atoms with Gasteiger partial charge in [0.15, 0.2) is 0 Å². The quantitative estimate of drug-likeness (QED) is 0.854. The Morgan fingerprint density at radius 1 is 1.16 bits per heavy atom. The Labute approximate surface area is 116 Å². The van der Waals surface area contributed by atoms with Crippen molar-refractivity contribution in [3.63, 3.8) is 0 Å². The average Bonchev–Trinajstić information content (AvgIpc) is 2.89. The Morgan fingerprint density at radius 3 is 2.16 bits per heavy atom. The van der Waals surface area contributed by atoms with Gasteiger partial charge in [0.2, 0.25) is 5.91 Å². The van der Waals surface area contributed by atoms with Gasteiger partial charge in [0, 0.05) is 6.42 Å². The first-order chi connectivity index (χ1) is 9.08. The molecule has 2 rings (SSSR count). The van der Waals surface area contributed by atoms with E-state index in [-0.39, 0.29) is 5.91 Å². The lowest BCUT2D eigenvalue weighted by molar-refractivity contribution is -0.118. The fourth-order valence-electron chi connectivity index (χ4n) is 3.26. The second-order valence-corrected chi connectivity index (χ2v) is 6.14. The molecular weight excluding hydrogens is 234 g/mol. The van der Waals surface area contributed by atoms with Crippen molar-refractivity contribution in [3.8, 4) is 0 Å². The zero-order chi connectivity index (χ0) is 13.8. The fraction of sp³-hybridized carbons (Fsp3) is 0.588. The maximum absolute atomic E-state index is 11.3. The van der Waals surface area contributed by atoms with Crippen LogP contribution in [0.1, 0.15) is 68.9 Å². The Balaban J connectivity index is 2.19. The summed E-state index contributed by atoms with van der Waals surface area (Å²) in [5.74, 6) is 1.33. The highest BCUT2D eigenvalue weighted by molar-refractivity contribution is 5.74. The minimum atomic E-state index is -0.176. The van der Waals surface area contributed by atoms with Crippen LogP contribution in [0.5, 0.6) is 0 Å². The summed E-state index contributed by atoms with van der Waals surface area (Å²) in [6.07, 6.45) is 5.56. The van der Waals surface area contributed by atoms with Crippen molar-refractivity contribution in [2.24, 2.45) is 11.7 Å². The number of primary amides is 1. The smallest absolute Gasteiger partial charge is 0.218 e. The summed E-state index contributed by atoms with van der Waals surface area (Å²) in [7, 11) is 0. The minimum absolute atomic E-state index is 0.176. The van der Waals surface area contributed by atoms with E-state index in [9.17, 15) is 4.79 Å². The molecule has 0 spiro atoms. The molecule has 0 bridgehead atoms. The first kappa shape index (κ1) is 14.1. The molecule has 1 aliphatic rings. The molecule has 1 aliphatic carbocycles. The number of nitrogens with two attached hydrogens (primary N) is 1. The molecule has 2 N–H and O–H groups in total. The number of carbonyl (C=O) groups is 1. The monoisotopic (exact) mass is 259 g/mol. The molecule has 1 aromatic rings. The molecule has 0 radical (unpaired) electrons. The second kappa shape index (κ2) is 6.23. The molecule has 0 saturated heterocycles. The molecule has 2 heteroatoms. The van der Waals surface area contributed by atoms with Crippen LogP contribution in [-0.2, 0) is 4.79 Å². The number of hydrogen-bond donors (Lipinski definition) is 1. The normalized spacial score (nSPS) is 17.8. The van der Waals surface area contributed by atoms with Crippen LogP contribution < -0.4 is 5.73 Å². The van der Waals surface area contributed by atoms with Gasteiger partial charge < -0.3 is 5.73 Å². The number of hydrogen-bond acceptors (Lipinski definition) is 1. The number of carbonyl (C=O) groups excluding carboxylic acids is 1. The van der Waals surface area contributed by atoms with Crippen molar-refractivity contribution >= 4 is 5.91 Å². The van der Waals surface area contributed by atoms with E-state index in [4.69, 9.17) is 5.73 Å². The molecule has 1 fully saturated rings. The van der Waals surface area contributed by atoms with E-state index in [2.05, 4.69) is 38.1 Å². The van der Waals surface area contributed by atoms with E-state index >= 15 is 0 Å². The van der Waals surface area contributed by atoms with E-state index in [1.54, 1.807) is 0 Å². The lowest BCUT2D eigenvalue weighted by Gasteiger charge is -2.23. The van der Waals surface area contributed by atoms with Crippen molar-refractivity contribution in [1.29, 1.82) is 0 Å². The number of amides is 1. The predicted molar refractivity (Wildman–Crippen MR) is 79.0 cm³/mol. The van der Waals surface area contributed by atoms with Crippen LogP contribution in [0.2, 0.25) is 0 Å². The molecule has 104 valence electrons. The van der Waals surface area contributed by atoms with Gasteiger partial charge in [0.25, 0.3) is 0 Å². The van der Waals surface area contributed by atoms with Crippen LogP contribution in [0.4, 0.5) is 0 Å². The van der Waals surface area contributed by atoms with Crippen molar-refractivity contribution in [3.05, 3.63) is 35.4 Å². The molecule has 0 aromatic heterocycles. The molecule has 1 amide bonds. The van der Waals surface area contributed by atoms with Gasteiger partial charge in [-0.2, -0.15) is 0 Å². The average molecular weight is 259 g/mol. The van der Waals surface area contributed by atoms with E-state index < -0.39 is 0 Å². The molecule has 1 unspecified atom stereocenters. The number of rotatable bonds is 5. The zero-order valence-electron chi connectivity index (χ0n) is 12.1. The Kier molecular flexibility index (Phi) is 4.62. The van der Waals surface area contributed by atoms with Crippen molar-refractivity contribution in [1.82, 2.24) is 0 Å². The van der Waals surface area contributed by atoms with Crippen molar-refractivity contribution in [2.75, 3.05) is 0 Å². The summed E-state index contributed by atoms with van der Waals surface area (Å²) in [6.45, 7) is 4.40. The third kappa shape index (κ3) is 3.59. The minimum Gasteiger partial charge on any atom is -0.370 e. The third-order valence-electron chi connectivity index (χ3n) is 4.42. The standard InChI is InChI=1S/C17H25NO/c1-12(2)13-7-9-15(10-8-13)16(11-17(18)19)14-5-3-4-6-14/h7-10,12,14,16H,3-6,11H2,1-2H3,(H2,18,19). The van der Waals surface area contributed by atoms with Gasteiger partial charge in [-0.15, -0.1) is 0 Å². The molecule has 0 aliphatic heterocycles. The molecule has 1 saturated carbocycles. The van der Waals surface area contributed by atoms with Crippen LogP contribution >= 0.6 is 0 Å². The van der Waals surface area contributed by atoms with Crippen LogP contribution in [0.25, 0.3) is 0 Å². The summed E-state index contributed by atoms with van der Waals surface area (Å²) in [5.41, 5.74) is 8.08. The van der Waals surface area contributed by atoms with Gasteiger partial charge in [-0.05, 0) is 41.7 Å². The van der Waals surface area contributed by atoms with E-state index in [0.717, 1.165) is 0 Å². The topological polar surface area (TPSA) is 43.1 Å². The summed E-state index contributed by atoms with van der Waals surface area (Å²) in [6, 6.07) is 8.79. The van der Waals surface area contributed by atoms with Crippen LogP contribution in [0, 0.1) is 5.92 Å². The van der Waals surface area contributed by atoms with Crippen molar-refractivity contribution in [2.45, 2.75) is 57.8 Å². The molecular formula is C17H25NO. The zero-order valence-corrected chi connectivity index (χ0v) is 12.1. The van der Waals surface area contributed by atoms with Gasteiger partial charge in [-0.3, -0.25) is 4.79 Å². The maximum Gasteiger partial charge on any atom is 0.218 e. The Morgan fingerprint density at radius 2 is 1.68 bits per heavy atom. The highest BCUT2D eigenvalue weighted by Crippen LogP contribution is 2.39. The van der Waals surface area contributed by atoms with E-state index in [0.29, 0.717) is 24.2 Å². The van der Waals surface area contributed by atoms with Gasteiger partial charge >= 0.3 is 0 Å². The number of benzene rings is 1. The van der Waals surface area contributed by atoms with Crippen LogP contribution in [0.3, 0.4) is 0 Å². The second-order valence-electron chi connectivity index (χ2n) is 6.14.